The van der Waals surface area contributed by atoms with Crippen LogP contribution in [0.25, 0.3) is 5.69 Å². The summed E-state index contributed by atoms with van der Waals surface area (Å²) in [6.45, 7) is 0.864. The molecule has 2 heterocycles. The molecular formula is C15H15ClN4O. The van der Waals surface area contributed by atoms with Crippen molar-refractivity contribution in [3.05, 3.63) is 41.2 Å². The number of likely N-dealkylation sites (tertiary alicyclic amines) is 1. The highest BCUT2D eigenvalue weighted by atomic mass is 35.5. The van der Waals surface area contributed by atoms with E-state index in [-0.39, 0.29) is 5.91 Å². The fraction of sp³-hybridized carbons (Fsp3) is 0.400. The fourth-order valence-corrected chi connectivity index (χ4v) is 3.66. The van der Waals surface area contributed by atoms with Gasteiger partial charge in [0.1, 0.15) is 0 Å². The molecule has 2 atom stereocenters. The zero-order valence-electron chi connectivity index (χ0n) is 11.4. The average Bonchev–Trinajstić information content (AvgIpc) is 3.23. The smallest absolute Gasteiger partial charge is 0.276 e. The van der Waals surface area contributed by atoms with Gasteiger partial charge in [-0.05, 0) is 37.3 Å². The van der Waals surface area contributed by atoms with Crippen LogP contribution in [-0.4, -0.2) is 38.4 Å². The third-order valence-electron chi connectivity index (χ3n) is 4.48. The lowest BCUT2D eigenvalue weighted by Crippen LogP contribution is -2.37. The molecule has 1 aliphatic carbocycles. The molecule has 6 heteroatoms. The second kappa shape index (κ2) is 4.84. The number of nitrogens with zero attached hydrogens (tertiary/aromatic N) is 4. The van der Waals surface area contributed by atoms with Gasteiger partial charge in [0.2, 0.25) is 0 Å². The van der Waals surface area contributed by atoms with Crippen LogP contribution in [0.4, 0.5) is 0 Å². The van der Waals surface area contributed by atoms with Gasteiger partial charge in [0, 0.05) is 12.6 Å². The van der Waals surface area contributed by atoms with E-state index in [4.69, 9.17) is 11.6 Å². The number of rotatable bonds is 2. The minimum atomic E-state index is -0.0134. The predicted molar refractivity (Wildman–Crippen MR) is 78.5 cm³/mol. The molecule has 108 valence electrons. The van der Waals surface area contributed by atoms with Gasteiger partial charge in [-0.25, -0.2) is 4.68 Å². The summed E-state index contributed by atoms with van der Waals surface area (Å²) in [4.78, 5) is 14.5. The summed E-state index contributed by atoms with van der Waals surface area (Å²) < 4.78 is 1.56. The fourth-order valence-electron chi connectivity index (χ4n) is 3.44. The van der Waals surface area contributed by atoms with Crippen LogP contribution in [0.15, 0.2) is 30.5 Å². The average molecular weight is 303 g/mol. The first-order valence-corrected chi connectivity index (χ1v) is 7.58. The van der Waals surface area contributed by atoms with Gasteiger partial charge >= 0.3 is 0 Å². The third kappa shape index (κ3) is 2.12. The second-order valence-electron chi connectivity index (χ2n) is 5.79. The van der Waals surface area contributed by atoms with Crippen molar-refractivity contribution < 1.29 is 4.79 Å². The van der Waals surface area contributed by atoms with Crippen molar-refractivity contribution in [2.24, 2.45) is 5.92 Å². The van der Waals surface area contributed by atoms with Crippen LogP contribution in [0.1, 0.15) is 29.8 Å². The molecule has 2 bridgehead atoms. The number of piperidine rings is 1. The van der Waals surface area contributed by atoms with E-state index in [1.165, 1.54) is 6.42 Å². The van der Waals surface area contributed by atoms with Gasteiger partial charge in [-0.15, -0.1) is 5.10 Å². The first kappa shape index (κ1) is 12.8. The summed E-state index contributed by atoms with van der Waals surface area (Å²) in [6.07, 6.45) is 5.18. The zero-order chi connectivity index (χ0) is 14.4. The number of aromatic nitrogens is 3. The molecule has 2 aromatic rings. The van der Waals surface area contributed by atoms with Gasteiger partial charge < -0.3 is 4.90 Å². The molecule has 1 aromatic carbocycles. The standard InChI is InChI=1S/C15H15ClN4O/c16-12-3-1-2-4-14(12)20-9-13(17-18-20)15(21)19-8-10-5-6-11(19)7-10/h1-4,9-11H,5-8H2. The molecule has 0 N–H and O–H groups in total. The van der Waals surface area contributed by atoms with E-state index in [1.54, 1.807) is 16.9 Å². The first-order chi connectivity index (χ1) is 10.2. The molecule has 21 heavy (non-hydrogen) atoms. The minimum Gasteiger partial charge on any atom is -0.334 e. The summed E-state index contributed by atoms with van der Waals surface area (Å²) in [5.41, 5.74) is 1.12. The highest BCUT2D eigenvalue weighted by Gasteiger charge is 2.41. The Balaban J connectivity index is 1.60. The molecular weight excluding hydrogens is 288 g/mol. The summed E-state index contributed by atoms with van der Waals surface area (Å²) in [7, 11) is 0. The quantitative estimate of drug-likeness (QED) is 0.856. The Bertz CT molecular complexity index is 698. The molecule has 5 nitrogen and oxygen atoms in total. The molecule has 1 aromatic heterocycles. The number of carbonyl (C=O) groups is 1. The monoisotopic (exact) mass is 302 g/mol. The van der Waals surface area contributed by atoms with E-state index in [0.29, 0.717) is 22.7 Å². The Hall–Kier alpha value is -1.88. The SMILES string of the molecule is O=C(c1cn(-c2ccccc2Cl)nn1)N1CC2CCC1C2. The molecule has 1 saturated carbocycles. The Kier molecular flexibility index (Phi) is 2.96. The minimum absolute atomic E-state index is 0.0134. The summed E-state index contributed by atoms with van der Waals surface area (Å²) >= 11 is 6.14. The Morgan fingerprint density at radius 3 is 2.86 bits per heavy atom. The molecule has 2 fully saturated rings. The third-order valence-corrected chi connectivity index (χ3v) is 4.80. The number of amides is 1. The van der Waals surface area contributed by atoms with Gasteiger partial charge in [0.25, 0.3) is 5.91 Å². The lowest BCUT2D eigenvalue weighted by molar-refractivity contribution is 0.0697. The predicted octanol–water partition coefficient (Wildman–Crippen LogP) is 2.55. The van der Waals surface area contributed by atoms with Gasteiger partial charge in [-0.3, -0.25) is 4.79 Å². The van der Waals surface area contributed by atoms with Crippen LogP contribution < -0.4 is 0 Å². The topological polar surface area (TPSA) is 51.0 Å². The normalized spacial score (nSPS) is 23.8. The number of carbonyl (C=O) groups excluding carboxylic acids is 1. The number of hydrogen-bond donors (Lipinski definition) is 0. The maximum Gasteiger partial charge on any atom is 0.276 e. The van der Waals surface area contributed by atoms with Crippen molar-refractivity contribution in [1.82, 2.24) is 19.9 Å². The summed E-state index contributed by atoms with van der Waals surface area (Å²) in [6, 6.07) is 7.77. The van der Waals surface area contributed by atoms with Gasteiger partial charge in [-0.1, -0.05) is 28.9 Å². The number of benzene rings is 1. The highest BCUT2D eigenvalue weighted by molar-refractivity contribution is 6.32. The second-order valence-corrected chi connectivity index (χ2v) is 6.20. The van der Waals surface area contributed by atoms with Crippen LogP contribution >= 0.6 is 11.6 Å². The molecule has 1 amide bonds. The van der Waals surface area contributed by atoms with E-state index in [1.807, 2.05) is 23.1 Å². The van der Waals surface area contributed by atoms with Crippen LogP contribution in [0.3, 0.4) is 0 Å². The number of hydrogen-bond acceptors (Lipinski definition) is 3. The Morgan fingerprint density at radius 1 is 1.29 bits per heavy atom. The number of para-hydroxylation sites is 1. The largest absolute Gasteiger partial charge is 0.334 e. The Labute approximate surface area is 127 Å². The van der Waals surface area contributed by atoms with E-state index in [0.717, 1.165) is 25.1 Å². The van der Waals surface area contributed by atoms with Crippen molar-refractivity contribution in [3.8, 4) is 5.69 Å². The summed E-state index contributed by atoms with van der Waals surface area (Å²) in [5, 5.41) is 8.65. The van der Waals surface area contributed by atoms with Crippen molar-refractivity contribution in [1.29, 1.82) is 0 Å². The molecule has 2 aliphatic rings. The maximum atomic E-state index is 12.5. The van der Waals surface area contributed by atoms with Crippen molar-refractivity contribution >= 4 is 17.5 Å². The number of halogens is 1. The van der Waals surface area contributed by atoms with Gasteiger partial charge in [0.05, 0.1) is 16.9 Å². The lowest BCUT2D eigenvalue weighted by Gasteiger charge is -2.25. The van der Waals surface area contributed by atoms with E-state index in [9.17, 15) is 4.79 Å². The van der Waals surface area contributed by atoms with E-state index >= 15 is 0 Å². The zero-order valence-corrected chi connectivity index (χ0v) is 12.2. The lowest BCUT2D eigenvalue weighted by atomic mass is 10.1. The van der Waals surface area contributed by atoms with Crippen LogP contribution in [-0.2, 0) is 0 Å². The Morgan fingerprint density at radius 2 is 2.14 bits per heavy atom. The van der Waals surface area contributed by atoms with Crippen molar-refractivity contribution in [2.75, 3.05) is 6.54 Å². The van der Waals surface area contributed by atoms with Crippen molar-refractivity contribution in [2.45, 2.75) is 25.3 Å². The molecule has 0 radical (unpaired) electrons. The van der Waals surface area contributed by atoms with Crippen LogP contribution in [0.2, 0.25) is 5.02 Å². The highest BCUT2D eigenvalue weighted by Crippen LogP contribution is 2.37. The number of fused-ring (bicyclic) bond motifs is 2. The maximum absolute atomic E-state index is 12.5. The van der Waals surface area contributed by atoms with E-state index < -0.39 is 0 Å². The van der Waals surface area contributed by atoms with Gasteiger partial charge in [0.15, 0.2) is 5.69 Å². The van der Waals surface area contributed by atoms with Crippen LogP contribution in [0.5, 0.6) is 0 Å². The van der Waals surface area contributed by atoms with E-state index in [2.05, 4.69) is 10.3 Å². The molecule has 4 rings (SSSR count). The molecule has 1 saturated heterocycles. The summed E-state index contributed by atoms with van der Waals surface area (Å²) in [5.74, 6) is 0.665. The molecule has 0 spiro atoms. The van der Waals surface area contributed by atoms with Crippen LogP contribution in [0, 0.1) is 5.92 Å². The van der Waals surface area contributed by atoms with Gasteiger partial charge in [-0.2, -0.15) is 0 Å². The molecule has 1 aliphatic heterocycles. The first-order valence-electron chi connectivity index (χ1n) is 7.20. The van der Waals surface area contributed by atoms with Crippen molar-refractivity contribution in [3.63, 3.8) is 0 Å². The molecule has 2 unspecified atom stereocenters.